The number of carbonyl (C=O) groups excluding carboxylic acids is 1. The fraction of sp³-hybridized carbons (Fsp3) is 0.619. The molecular formula is C21H35IN4O3. The molecule has 2 N–H and O–H groups in total. The molecule has 1 aromatic carbocycles. The smallest absolute Gasteiger partial charge is 0.253 e. The summed E-state index contributed by atoms with van der Waals surface area (Å²) < 4.78 is 10.4. The topological polar surface area (TPSA) is 75.2 Å². The Balaban J connectivity index is 0.00000420. The summed E-state index contributed by atoms with van der Waals surface area (Å²) in [5.41, 5.74) is 1.88. The van der Waals surface area contributed by atoms with Crippen LogP contribution in [0, 0.1) is 0 Å². The number of hydrogen-bond donors (Lipinski definition) is 2. The van der Waals surface area contributed by atoms with Crippen molar-refractivity contribution in [1.29, 1.82) is 0 Å². The van der Waals surface area contributed by atoms with Crippen LogP contribution in [0.3, 0.4) is 0 Å². The third-order valence-corrected chi connectivity index (χ3v) is 4.72. The van der Waals surface area contributed by atoms with Crippen LogP contribution in [0.25, 0.3) is 0 Å². The van der Waals surface area contributed by atoms with Gasteiger partial charge in [0.15, 0.2) is 5.96 Å². The van der Waals surface area contributed by atoms with E-state index in [1.807, 2.05) is 29.2 Å². The summed E-state index contributed by atoms with van der Waals surface area (Å²) in [7, 11) is 3.42. The molecule has 0 unspecified atom stereocenters. The number of methoxy groups -OCH3 is 1. The summed E-state index contributed by atoms with van der Waals surface area (Å²) in [6.45, 7) is 5.14. The number of nitrogens with one attached hydrogen (secondary N) is 2. The molecule has 0 spiro atoms. The Morgan fingerprint density at radius 3 is 2.45 bits per heavy atom. The van der Waals surface area contributed by atoms with Crippen LogP contribution in [0.4, 0.5) is 0 Å². The van der Waals surface area contributed by atoms with Crippen LogP contribution < -0.4 is 10.6 Å². The van der Waals surface area contributed by atoms with Crippen molar-refractivity contribution in [2.45, 2.75) is 32.2 Å². The van der Waals surface area contributed by atoms with Gasteiger partial charge in [-0.15, -0.1) is 24.0 Å². The summed E-state index contributed by atoms with van der Waals surface area (Å²) >= 11 is 0. The molecule has 1 heterocycles. The van der Waals surface area contributed by atoms with E-state index in [1.54, 1.807) is 14.2 Å². The number of piperidine rings is 1. The second-order valence-electron chi connectivity index (χ2n) is 6.86. The molecule has 0 bridgehead atoms. The lowest BCUT2D eigenvalue weighted by atomic mass is 10.1. The maximum atomic E-state index is 12.5. The fourth-order valence-corrected chi connectivity index (χ4v) is 3.08. The molecule has 0 radical (unpaired) electrons. The van der Waals surface area contributed by atoms with Gasteiger partial charge in [0, 0.05) is 52.5 Å². The molecule has 7 nitrogen and oxygen atoms in total. The Hall–Kier alpha value is -1.39. The van der Waals surface area contributed by atoms with Gasteiger partial charge in [0.1, 0.15) is 0 Å². The summed E-state index contributed by atoms with van der Waals surface area (Å²) in [5, 5.41) is 6.56. The average Bonchev–Trinajstić information content (AvgIpc) is 2.75. The quantitative estimate of drug-likeness (QED) is 0.216. The third-order valence-electron chi connectivity index (χ3n) is 4.72. The van der Waals surface area contributed by atoms with Gasteiger partial charge in [0.2, 0.25) is 0 Å². The van der Waals surface area contributed by atoms with Crippen LogP contribution in [0.15, 0.2) is 29.3 Å². The first-order chi connectivity index (χ1) is 13.7. The number of halogens is 1. The van der Waals surface area contributed by atoms with Crippen molar-refractivity contribution >= 4 is 35.8 Å². The molecule has 0 atom stereocenters. The molecule has 2 rings (SSSR count). The summed E-state index contributed by atoms with van der Waals surface area (Å²) in [6, 6.07) is 7.84. The normalized spacial score (nSPS) is 14.3. The Labute approximate surface area is 191 Å². The van der Waals surface area contributed by atoms with E-state index in [9.17, 15) is 4.79 Å². The highest BCUT2D eigenvalue weighted by molar-refractivity contribution is 14.0. The van der Waals surface area contributed by atoms with Gasteiger partial charge in [0.25, 0.3) is 5.91 Å². The number of rotatable bonds is 10. The molecule has 1 fully saturated rings. The average molecular weight is 518 g/mol. The predicted octanol–water partition coefficient (Wildman–Crippen LogP) is 2.65. The van der Waals surface area contributed by atoms with E-state index in [-0.39, 0.29) is 29.9 Å². The van der Waals surface area contributed by atoms with Crippen molar-refractivity contribution in [3.63, 3.8) is 0 Å². The van der Waals surface area contributed by atoms with E-state index in [0.29, 0.717) is 26.4 Å². The fourth-order valence-electron chi connectivity index (χ4n) is 3.08. The van der Waals surface area contributed by atoms with Crippen molar-refractivity contribution in [3.05, 3.63) is 35.4 Å². The lowest BCUT2D eigenvalue weighted by molar-refractivity contribution is 0.0698. The molecule has 1 saturated heterocycles. The highest BCUT2D eigenvalue weighted by Gasteiger charge is 2.17. The monoisotopic (exact) mass is 518 g/mol. The second-order valence-corrected chi connectivity index (χ2v) is 6.86. The molecule has 0 aliphatic carbocycles. The van der Waals surface area contributed by atoms with Crippen molar-refractivity contribution < 1.29 is 14.3 Å². The number of amides is 1. The van der Waals surface area contributed by atoms with Crippen LogP contribution in [0.5, 0.6) is 0 Å². The number of aliphatic imine (C=N–C) groups is 1. The third kappa shape index (κ3) is 9.77. The minimum absolute atomic E-state index is 0. The molecule has 29 heavy (non-hydrogen) atoms. The molecule has 1 aromatic rings. The lowest BCUT2D eigenvalue weighted by Gasteiger charge is -2.26. The first-order valence-corrected chi connectivity index (χ1v) is 10.1. The Kier molecular flexibility index (Phi) is 13.7. The van der Waals surface area contributed by atoms with Crippen molar-refractivity contribution in [1.82, 2.24) is 15.5 Å². The van der Waals surface area contributed by atoms with Gasteiger partial charge in [-0.1, -0.05) is 12.1 Å². The van der Waals surface area contributed by atoms with Gasteiger partial charge in [-0.25, -0.2) is 0 Å². The van der Waals surface area contributed by atoms with Crippen LogP contribution >= 0.6 is 24.0 Å². The Morgan fingerprint density at radius 1 is 1.07 bits per heavy atom. The van der Waals surface area contributed by atoms with Crippen molar-refractivity contribution in [2.75, 3.05) is 53.6 Å². The largest absolute Gasteiger partial charge is 0.382 e. The molecule has 0 aromatic heterocycles. The van der Waals surface area contributed by atoms with Crippen LogP contribution in [0.2, 0.25) is 0 Å². The molecule has 1 aliphatic rings. The minimum Gasteiger partial charge on any atom is -0.382 e. The van der Waals surface area contributed by atoms with Crippen molar-refractivity contribution in [2.24, 2.45) is 4.99 Å². The summed E-state index contributed by atoms with van der Waals surface area (Å²) in [4.78, 5) is 18.7. The molecule has 1 aliphatic heterocycles. The standard InChI is InChI=1S/C21H34N4O3.HI/c1-22-21(23-11-6-14-28-16-15-27-2)24-17-18-7-9-19(10-8-18)20(26)25-12-4-3-5-13-25;/h7-10H,3-6,11-17H2,1-2H3,(H2,22,23,24);1H. The zero-order chi connectivity index (χ0) is 20.0. The van der Waals surface area contributed by atoms with E-state index in [4.69, 9.17) is 9.47 Å². The first kappa shape index (κ1) is 25.6. The maximum absolute atomic E-state index is 12.5. The van der Waals surface area contributed by atoms with E-state index < -0.39 is 0 Å². The molecular weight excluding hydrogens is 483 g/mol. The zero-order valence-corrected chi connectivity index (χ0v) is 19.9. The summed E-state index contributed by atoms with van der Waals surface area (Å²) in [5.74, 6) is 0.898. The van der Waals surface area contributed by atoms with Crippen molar-refractivity contribution in [3.8, 4) is 0 Å². The highest BCUT2D eigenvalue weighted by atomic mass is 127. The van der Waals surface area contributed by atoms with Gasteiger partial charge in [-0.2, -0.15) is 0 Å². The number of likely N-dealkylation sites (tertiary alicyclic amines) is 1. The number of nitrogens with zero attached hydrogens (tertiary/aromatic N) is 2. The SMILES string of the molecule is CN=C(NCCCOCCOC)NCc1ccc(C(=O)N2CCCCC2)cc1.I. The van der Waals surface area contributed by atoms with E-state index >= 15 is 0 Å². The molecule has 0 saturated carbocycles. The molecule has 164 valence electrons. The Morgan fingerprint density at radius 2 is 1.79 bits per heavy atom. The lowest BCUT2D eigenvalue weighted by Crippen LogP contribution is -2.37. The van der Waals surface area contributed by atoms with E-state index in [2.05, 4.69) is 15.6 Å². The number of ether oxygens (including phenoxy) is 2. The molecule has 1 amide bonds. The van der Waals surface area contributed by atoms with E-state index in [1.165, 1.54) is 6.42 Å². The minimum atomic E-state index is 0. The zero-order valence-electron chi connectivity index (χ0n) is 17.6. The van der Waals surface area contributed by atoms with Gasteiger partial charge in [0.05, 0.1) is 13.2 Å². The van der Waals surface area contributed by atoms with Crippen LogP contribution in [-0.2, 0) is 16.0 Å². The number of benzene rings is 1. The highest BCUT2D eigenvalue weighted by Crippen LogP contribution is 2.13. The maximum Gasteiger partial charge on any atom is 0.253 e. The molecule has 8 heteroatoms. The van der Waals surface area contributed by atoms with Gasteiger partial charge < -0.3 is 25.0 Å². The van der Waals surface area contributed by atoms with Crippen LogP contribution in [0.1, 0.15) is 41.6 Å². The number of carbonyl (C=O) groups is 1. The second kappa shape index (κ2) is 15.4. The number of guanidine groups is 1. The van der Waals surface area contributed by atoms with Gasteiger partial charge in [-0.3, -0.25) is 9.79 Å². The van der Waals surface area contributed by atoms with Gasteiger partial charge in [-0.05, 0) is 43.4 Å². The first-order valence-electron chi connectivity index (χ1n) is 10.1. The number of hydrogen-bond acceptors (Lipinski definition) is 4. The van der Waals surface area contributed by atoms with Crippen LogP contribution in [-0.4, -0.2) is 70.4 Å². The predicted molar refractivity (Wildman–Crippen MR) is 127 cm³/mol. The van der Waals surface area contributed by atoms with E-state index in [0.717, 1.165) is 56.0 Å². The Bertz CT molecular complexity index is 604. The van der Waals surface area contributed by atoms with Gasteiger partial charge >= 0.3 is 0 Å². The summed E-state index contributed by atoms with van der Waals surface area (Å²) in [6.07, 6.45) is 4.35.